The number of anilines is 1. The van der Waals surface area contributed by atoms with Gasteiger partial charge in [-0.1, -0.05) is 26.2 Å². The molecule has 25 heavy (non-hydrogen) atoms. The van der Waals surface area contributed by atoms with Crippen LogP contribution in [0.4, 0.5) is 10.5 Å². The van der Waals surface area contributed by atoms with Gasteiger partial charge in [-0.2, -0.15) is 0 Å². The highest BCUT2D eigenvalue weighted by Crippen LogP contribution is 2.27. The van der Waals surface area contributed by atoms with E-state index >= 15 is 0 Å². The zero-order valence-corrected chi connectivity index (χ0v) is 14.4. The van der Waals surface area contributed by atoms with Crippen molar-refractivity contribution in [2.45, 2.75) is 51.0 Å². The number of nitrogens with one attached hydrogen (secondary N) is 2. The smallest absolute Gasteiger partial charge is 0.319 e. The van der Waals surface area contributed by atoms with Crippen LogP contribution in [0.2, 0.25) is 0 Å². The average molecular weight is 344 g/mol. The Morgan fingerprint density at radius 2 is 1.92 bits per heavy atom. The van der Waals surface area contributed by atoms with E-state index in [2.05, 4.69) is 20.8 Å². The molecule has 1 aliphatic rings. The molecule has 3 N–H and O–H groups in total. The minimum atomic E-state index is -0.769. The van der Waals surface area contributed by atoms with E-state index in [-0.39, 0.29) is 12.6 Å². The molecule has 0 spiro atoms. The van der Waals surface area contributed by atoms with Gasteiger partial charge in [0.15, 0.2) is 0 Å². The van der Waals surface area contributed by atoms with Crippen LogP contribution in [0, 0.1) is 0 Å². The fraction of sp³-hybridized carbons (Fsp3) is 0.500. The van der Waals surface area contributed by atoms with Gasteiger partial charge in [0, 0.05) is 24.2 Å². The Bertz CT molecular complexity index is 705. The monoisotopic (exact) mass is 344 g/mol. The lowest BCUT2D eigenvalue weighted by molar-refractivity contribution is 0.00755. The molecule has 2 amide bonds. The summed E-state index contributed by atoms with van der Waals surface area (Å²) in [6, 6.07) is 6.87. The molecule has 0 bridgehead atoms. The van der Waals surface area contributed by atoms with E-state index in [1.165, 1.54) is 0 Å². The highest BCUT2D eigenvalue weighted by atomic mass is 16.4. The minimum absolute atomic E-state index is 0.276. The predicted octanol–water partition coefficient (Wildman–Crippen LogP) is 3.12. The van der Waals surface area contributed by atoms with Crippen molar-refractivity contribution in [3.8, 4) is 11.5 Å². The summed E-state index contributed by atoms with van der Waals surface area (Å²) in [5.41, 5.74) is 0.691. The van der Waals surface area contributed by atoms with Gasteiger partial charge in [-0.25, -0.2) is 4.79 Å². The van der Waals surface area contributed by atoms with Crippen molar-refractivity contribution in [1.82, 2.24) is 15.5 Å². The van der Waals surface area contributed by atoms with E-state index in [1.807, 2.05) is 19.1 Å². The number of amides is 2. The Morgan fingerprint density at radius 3 is 2.56 bits per heavy atom. The second kappa shape index (κ2) is 7.65. The van der Waals surface area contributed by atoms with Gasteiger partial charge in [0.05, 0.1) is 5.60 Å². The average Bonchev–Trinajstić information content (AvgIpc) is 3.11. The molecular weight excluding hydrogens is 320 g/mol. The molecule has 7 nitrogen and oxygen atoms in total. The third-order valence-corrected chi connectivity index (χ3v) is 4.52. The van der Waals surface area contributed by atoms with Crippen molar-refractivity contribution in [3.63, 3.8) is 0 Å². The zero-order valence-electron chi connectivity index (χ0n) is 14.4. The first-order valence-electron chi connectivity index (χ1n) is 8.78. The van der Waals surface area contributed by atoms with E-state index in [0.29, 0.717) is 23.9 Å². The molecule has 0 atom stereocenters. The Kier molecular flexibility index (Phi) is 5.33. The SMILES string of the molecule is CCc1nnc(-c2ccc(NC(=O)NCC3(O)CCCCC3)cc2)o1. The van der Waals surface area contributed by atoms with E-state index < -0.39 is 5.60 Å². The van der Waals surface area contributed by atoms with Crippen molar-refractivity contribution < 1.29 is 14.3 Å². The lowest BCUT2D eigenvalue weighted by Crippen LogP contribution is -2.45. The van der Waals surface area contributed by atoms with Crippen molar-refractivity contribution >= 4 is 11.7 Å². The van der Waals surface area contributed by atoms with E-state index in [4.69, 9.17) is 4.42 Å². The van der Waals surface area contributed by atoms with E-state index in [0.717, 1.165) is 37.7 Å². The maximum atomic E-state index is 12.0. The number of carbonyl (C=O) groups excluding carboxylic acids is 1. The van der Waals surface area contributed by atoms with Gasteiger partial charge in [-0.15, -0.1) is 10.2 Å². The number of aryl methyl sites for hydroxylation is 1. The number of carbonyl (C=O) groups is 1. The molecule has 134 valence electrons. The van der Waals surface area contributed by atoms with Crippen molar-refractivity contribution in [1.29, 1.82) is 0 Å². The first-order chi connectivity index (χ1) is 12.1. The molecular formula is C18H24N4O3. The molecule has 0 saturated heterocycles. The summed E-state index contributed by atoms with van der Waals surface area (Å²) in [6.45, 7) is 2.23. The summed E-state index contributed by atoms with van der Waals surface area (Å²) in [7, 11) is 0. The summed E-state index contributed by atoms with van der Waals surface area (Å²) in [5, 5.41) is 23.9. The maximum absolute atomic E-state index is 12.0. The van der Waals surface area contributed by atoms with Crippen LogP contribution in [-0.4, -0.2) is 33.5 Å². The molecule has 0 unspecified atom stereocenters. The van der Waals surface area contributed by atoms with Crippen LogP contribution in [0.15, 0.2) is 28.7 Å². The van der Waals surface area contributed by atoms with Crippen molar-refractivity contribution in [2.75, 3.05) is 11.9 Å². The first kappa shape index (κ1) is 17.4. The molecule has 0 aliphatic heterocycles. The van der Waals surface area contributed by atoms with Crippen LogP contribution in [0.3, 0.4) is 0 Å². The number of hydrogen-bond acceptors (Lipinski definition) is 5. The summed E-state index contributed by atoms with van der Waals surface area (Å²) in [4.78, 5) is 12.0. The topological polar surface area (TPSA) is 100 Å². The number of aromatic nitrogens is 2. The van der Waals surface area contributed by atoms with Crippen LogP contribution in [0.25, 0.3) is 11.5 Å². The fourth-order valence-electron chi connectivity index (χ4n) is 3.02. The van der Waals surface area contributed by atoms with Gasteiger partial charge in [-0.3, -0.25) is 0 Å². The Hall–Kier alpha value is -2.41. The Labute approximate surface area is 146 Å². The van der Waals surface area contributed by atoms with Crippen molar-refractivity contribution in [3.05, 3.63) is 30.2 Å². The van der Waals surface area contributed by atoms with Gasteiger partial charge in [0.1, 0.15) is 0 Å². The Balaban J connectivity index is 1.53. The minimum Gasteiger partial charge on any atom is -0.421 e. The molecule has 1 heterocycles. The second-order valence-electron chi connectivity index (χ2n) is 6.52. The molecule has 1 fully saturated rings. The maximum Gasteiger partial charge on any atom is 0.319 e. The molecule has 1 saturated carbocycles. The van der Waals surface area contributed by atoms with Crippen LogP contribution in [0.1, 0.15) is 44.9 Å². The largest absolute Gasteiger partial charge is 0.421 e. The quantitative estimate of drug-likeness (QED) is 0.774. The van der Waals surface area contributed by atoms with Gasteiger partial charge in [-0.05, 0) is 37.1 Å². The van der Waals surface area contributed by atoms with E-state index in [1.54, 1.807) is 12.1 Å². The molecule has 0 radical (unpaired) electrons. The Morgan fingerprint density at radius 1 is 1.20 bits per heavy atom. The lowest BCUT2D eigenvalue weighted by atomic mass is 9.85. The highest BCUT2D eigenvalue weighted by molar-refractivity contribution is 5.89. The molecule has 3 rings (SSSR count). The normalized spacial score (nSPS) is 16.4. The molecule has 1 aromatic heterocycles. The lowest BCUT2D eigenvalue weighted by Gasteiger charge is -2.32. The van der Waals surface area contributed by atoms with E-state index in [9.17, 15) is 9.90 Å². The van der Waals surface area contributed by atoms with Gasteiger partial charge >= 0.3 is 6.03 Å². The second-order valence-corrected chi connectivity index (χ2v) is 6.52. The number of benzene rings is 1. The molecule has 7 heteroatoms. The van der Waals surface area contributed by atoms with Crippen LogP contribution < -0.4 is 10.6 Å². The number of rotatable bonds is 5. The first-order valence-corrected chi connectivity index (χ1v) is 8.78. The summed E-state index contributed by atoms with van der Waals surface area (Å²) in [6.07, 6.45) is 5.35. The van der Waals surface area contributed by atoms with Crippen molar-refractivity contribution in [2.24, 2.45) is 0 Å². The summed E-state index contributed by atoms with van der Waals surface area (Å²) in [5.74, 6) is 1.06. The predicted molar refractivity (Wildman–Crippen MR) is 94.2 cm³/mol. The molecule has 1 aromatic carbocycles. The third kappa shape index (κ3) is 4.57. The van der Waals surface area contributed by atoms with Gasteiger partial charge in [0.2, 0.25) is 11.8 Å². The third-order valence-electron chi connectivity index (χ3n) is 4.52. The number of aliphatic hydroxyl groups is 1. The standard InChI is InChI=1S/C18H24N4O3/c1-2-15-21-22-16(25-15)13-6-8-14(9-7-13)20-17(23)19-12-18(24)10-4-3-5-11-18/h6-9,24H,2-5,10-12H2,1H3,(H2,19,20,23). The number of urea groups is 1. The zero-order chi connectivity index (χ0) is 17.7. The highest BCUT2D eigenvalue weighted by Gasteiger charge is 2.29. The molecule has 1 aliphatic carbocycles. The van der Waals surface area contributed by atoms with Crippen LogP contribution in [-0.2, 0) is 6.42 Å². The summed E-state index contributed by atoms with van der Waals surface area (Å²) >= 11 is 0. The summed E-state index contributed by atoms with van der Waals surface area (Å²) < 4.78 is 5.51. The van der Waals surface area contributed by atoms with Crippen LogP contribution in [0.5, 0.6) is 0 Å². The fourth-order valence-corrected chi connectivity index (χ4v) is 3.02. The molecule has 2 aromatic rings. The number of nitrogens with zero attached hydrogens (tertiary/aromatic N) is 2. The van der Waals surface area contributed by atoms with Gasteiger partial charge in [0.25, 0.3) is 0 Å². The number of hydrogen-bond donors (Lipinski definition) is 3. The van der Waals surface area contributed by atoms with Gasteiger partial charge < -0.3 is 20.2 Å². The van der Waals surface area contributed by atoms with Crippen LogP contribution >= 0.6 is 0 Å².